The second kappa shape index (κ2) is 7.01. The van der Waals surface area contributed by atoms with E-state index in [1.807, 2.05) is 12.1 Å². The van der Waals surface area contributed by atoms with E-state index in [-0.39, 0.29) is 0 Å². The van der Waals surface area contributed by atoms with Gasteiger partial charge in [0.25, 0.3) is 0 Å². The Morgan fingerprint density at radius 3 is 2.36 bits per heavy atom. The van der Waals surface area contributed by atoms with Gasteiger partial charge in [-0.1, -0.05) is 18.6 Å². The first-order valence-electron chi connectivity index (χ1n) is 10.1. The molecule has 3 aliphatic rings. The van der Waals surface area contributed by atoms with E-state index in [1.54, 1.807) is 7.11 Å². The van der Waals surface area contributed by atoms with Crippen molar-refractivity contribution in [3.63, 3.8) is 0 Å². The van der Waals surface area contributed by atoms with Gasteiger partial charge in [-0.2, -0.15) is 0 Å². The minimum atomic E-state index is 0.292. The molecule has 0 aromatic heterocycles. The van der Waals surface area contributed by atoms with Gasteiger partial charge in [-0.15, -0.1) is 0 Å². The average Bonchev–Trinajstić information content (AvgIpc) is 2.66. The summed E-state index contributed by atoms with van der Waals surface area (Å²) in [6.45, 7) is 1.85. The maximum Gasteiger partial charge on any atom is 0.225 e. The maximum atomic E-state index is 13.1. The quantitative estimate of drug-likeness (QED) is 0.793. The molecule has 25 heavy (non-hydrogen) atoms. The molecule has 3 fully saturated rings. The lowest BCUT2D eigenvalue weighted by Gasteiger charge is -2.47. The molecule has 1 heterocycles. The van der Waals surface area contributed by atoms with E-state index in [9.17, 15) is 4.79 Å². The van der Waals surface area contributed by atoms with Crippen LogP contribution in [0.25, 0.3) is 0 Å². The van der Waals surface area contributed by atoms with E-state index in [1.165, 1.54) is 44.1 Å². The van der Waals surface area contributed by atoms with Gasteiger partial charge in [-0.25, -0.2) is 0 Å². The Labute approximate surface area is 151 Å². The predicted molar refractivity (Wildman–Crippen MR) is 99.8 cm³/mol. The first-order chi connectivity index (χ1) is 12.2. The van der Waals surface area contributed by atoms with Crippen LogP contribution in [0.4, 0.5) is 0 Å². The van der Waals surface area contributed by atoms with Crippen LogP contribution in [0.3, 0.4) is 0 Å². The fourth-order valence-corrected chi connectivity index (χ4v) is 5.24. The largest absolute Gasteiger partial charge is 0.497 e. The highest BCUT2D eigenvalue weighted by atomic mass is 16.5. The van der Waals surface area contributed by atoms with E-state index in [2.05, 4.69) is 17.0 Å². The number of hydrogen-bond acceptors (Lipinski definition) is 2. The Bertz CT molecular complexity index is 595. The summed E-state index contributed by atoms with van der Waals surface area (Å²) < 4.78 is 5.26. The van der Waals surface area contributed by atoms with Crippen molar-refractivity contribution in [1.29, 1.82) is 0 Å². The first-order valence-corrected chi connectivity index (χ1v) is 10.1. The molecule has 1 amide bonds. The zero-order valence-corrected chi connectivity index (χ0v) is 15.5. The second-order valence-corrected chi connectivity index (χ2v) is 8.52. The Balaban J connectivity index is 1.36. The fraction of sp³-hybridized carbons (Fsp3) is 0.682. The summed E-state index contributed by atoms with van der Waals surface area (Å²) in [6, 6.07) is 8.40. The van der Waals surface area contributed by atoms with Crippen molar-refractivity contribution < 1.29 is 9.53 Å². The molecule has 1 unspecified atom stereocenters. The van der Waals surface area contributed by atoms with Crippen LogP contribution in [0.15, 0.2) is 24.3 Å². The highest BCUT2D eigenvalue weighted by Gasteiger charge is 2.42. The predicted octanol–water partition coefficient (Wildman–Crippen LogP) is 4.76. The molecule has 3 nitrogen and oxygen atoms in total. The molecule has 2 saturated carbocycles. The third-order valence-electron chi connectivity index (χ3n) is 7.13. The van der Waals surface area contributed by atoms with Crippen LogP contribution in [0, 0.1) is 11.3 Å². The van der Waals surface area contributed by atoms with Crippen LogP contribution >= 0.6 is 0 Å². The first kappa shape index (κ1) is 16.9. The molecule has 1 aromatic carbocycles. The number of methoxy groups -OCH3 is 1. The number of carbonyl (C=O) groups is 1. The Kier molecular flexibility index (Phi) is 4.75. The number of benzene rings is 1. The number of rotatable bonds is 3. The van der Waals surface area contributed by atoms with Crippen LogP contribution in [0.5, 0.6) is 5.75 Å². The number of amides is 1. The van der Waals surface area contributed by atoms with Crippen LogP contribution in [0.2, 0.25) is 0 Å². The number of piperidine rings is 1. The van der Waals surface area contributed by atoms with Crippen molar-refractivity contribution >= 4 is 5.91 Å². The monoisotopic (exact) mass is 341 g/mol. The Hall–Kier alpha value is -1.51. The zero-order chi connectivity index (χ0) is 17.3. The summed E-state index contributed by atoms with van der Waals surface area (Å²) in [7, 11) is 1.70. The molecule has 2 aliphatic carbocycles. The summed E-state index contributed by atoms with van der Waals surface area (Å²) in [5.41, 5.74) is 1.99. The van der Waals surface area contributed by atoms with Gasteiger partial charge in [0.15, 0.2) is 0 Å². The molecule has 1 spiro atoms. The van der Waals surface area contributed by atoms with E-state index in [0.29, 0.717) is 23.2 Å². The summed E-state index contributed by atoms with van der Waals surface area (Å²) in [5, 5.41) is 0. The van der Waals surface area contributed by atoms with Crippen molar-refractivity contribution in [2.24, 2.45) is 11.3 Å². The number of nitrogens with zero attached hydrogens (tertiary/aromatic N) is 1. The normalized spacial score (nSPS) is 26.3. The minimum Gasteiger partial charge on any atom is -0.497 e. The zero-order valence-electron chi connectivity index (χ0n) is 15.5. The molecular formula is C22H31NO2. The lowest BCUT2D eigenvalue weighted by atomic mass is 9.59. The highest BCUT2D eigenvalue weighted by Crippen LogP contribution is 2.52. The Morgan fingerprint density at radius 2 is 1.76 bits per heavy atom. The topological polar surface area (TPSA) is 29.5 Å². The summed E-state index contributed by atoms with van der Waals surface area (Å²) in [4.78, 5) is 15.2. The van der Waals surface area contributed by atoms with Gasteiger partial charge in [0.05, 0.1) is 7.11 Å². The Morgan fingerprint density at radius 1 is 1.04 bits per heavy atom. The molecule has 136 valence electrons. The van der Waals surface area contributed by atoms with Gasteiger partial charge < -0.3 is 9.64 Å². The summed E-state index contributed by atoms with van der Waals surface area (Å²) in [6.07, 6.45) is 11.4. The van der Waals surface area contributed by atoms with Crippen LogP contribution in [-0.2, 0) is 4.79 Å². The maximum absolute atomic E-state index is 13.1. The average molecular weight is 341 g/mol. The van der Waals surface area contributed by atoms with Gasteiger partial charge in [-0.05, 0) is 74.5 Å². The molecule has 1 atom stereocenters. The number of ether oxygens (including phenoxy) is 1. The second-order valence-electron chi connectivity index (χ2n) is 8.52. The van der Waals surface area contributed by atoms with E-state index in [4.69, 9.17) is 4.74 Å². The molecule has 3 heteroatoms. The van der Waals surface area contributed by atoms with Gasteiger partial charge in [-0.3, -0.25) is 4.79 Å². The molecule has 1 aromatic rings. The summed E-state index contributed by atoms with van der Waals surface area (Å²) in [5.74, 6) is 2.11. The lowest BCUT2D eigenvalue weighted by Crippen LogP contribution is -2.44. The number of carbonyl (C=O) groups excluding carboxylic acids is 1. The number of hydrogen-bond donors (Lipinski definition) is 0. The SMILES string of the molecule is COc1ccc(C2CCCN(C(=O)C3CCC4(CCC4)CC3)C2)cc1. The van der Waals surface area contributed by atoms with Crippen molar-refractivity contribution in [1.82, 2.24) is 4.90 Å². The minimum absolute atomic E-state index is 0.292. The van der Waals surface area contributed by atoms with Crippen molar-refractivity contribution in [3.05, 3.63) is 29.8 Å². The third-order valence-corrected chi connectivity index (χ3v) is 7.13. The lowest BCUT2D eigenvalue weighted by molar-refractivity contribution is -0.139. The molecule has 4 rings (SSSR count). The van der Waals surface area contributed by atoms with Gasteiger partial charge in [0, 0.05) is 24.9 Å². The molecule has 0 N–H and O–H groups in total. The third kappa shape index (κ3) is 3.43. The van der Waals surface area contributed by atoms with Gasteiger partial charge in [0.2, 0.25) is 5.91 Å². The molecule has 0 radical (unpaired) electrons. The molecule has 1 aliphatic heterocycles. The van der Waals surface area contributed by atoms with Crippen molar-refractivity contribution in [2.45, 2.75) is 63.7 Å². The van der Waals surface area contributed by atoms with Crippen molar-refractivity contribution in [3.8, 4) is 5.75 Å². The fourth-order valence-electron chi connectivity index (χ4n) is 5.24. The van der Waals surface area contributed by atoms with Crippen molar-refractivity contribution in [2.75, 3.05) is 20.2 Å². The number of likely N-dealkylation sites (tertiary alicyclic amines) is 1. The highest BCUT2D eigenvalue weighted by molar-refractivity contribution is 5.79. The molecular weight excluding hydrogens is 310 g/mol. The smallest absolute Gasteiger partial charge is 0.225 e. The van der Waals surface area contributed by atoms with E-state index >= 15 is 0 Å². The van der Waals surface area contributed by atoms with Crippen LogP contribution in [-0.4, -0.2) is 31.0 Å². The molecule has 0 bridgehead atoms. The summed E-state index contributed by atoms with van der Waals surface area (Å²) >= 11 is 0. The molecule has 1 saturated heterocycles. The van der Waals surface area contributed by atoms with E-state index < -0.39 is 0 Å². The van der Waals surface area contributed by atoms with Gasteiger partial charge in [0.1, 0.15) is 5.75 Å². The standard InChI is InChI=1S/C22H31NO2/c1-25-20-7-5-17(6-8-20)19-4-2-15-23(16-19)21(24)18-9-13-22(14-10-18)11-3-12-22/h5-8,18-19H,2-4,9-16H2,1H3. The van der Waals surface area contributed by atoms with Crippen LogP contribution < -0.4 is 4.74 Å². The van der Waals surface area contributed by atoms with Crippen LogP contribution in [0.1, 0.15) is 69.3 Å². The van der Waals surface area contributed by atoms with Gasteiger partial charge >= 0.3 is 0 Å². The van der Waals surface area contributed by atoms with E-state index in [0.717, 1.165) is 38.1 Å².